The van der Waals surface area contributed by atoms with Gasteiger partial charge < -0.3 is 5.32 Å². The average molecular weight is 400 g/mol. The molecule has 24 heavy (non-hydrogen) atoms. The number of anilines is 2. The third-order valence-electron chi connectivity index (χ3n) is 3.69. The van der Waals surface area contributed by atoms with Crippen molar-refractivity contribution in [3.63, 3.8) is 0 Å². The van der Waals surface area contributed by atoms with Crippen LogP contribution in [0.2, 0.25) is 5.02 Å². The van der Waals surface area contributed by atoms with Crippen molar-refractivity contribution >= 4 is 50.1 Å². The molecule has 0 saturated carbocycles. The van der Waals surface area contributed by atoms with Gasteiger partial charge in [0.1, 0.15) is 5.82 Å². The lowest BCUT2D eigenvalue weighted by Crippen LogP contribution is -1.95. The number of H-pyrrole nitrogens is 1. The van der Waals surface area contributed by atoms with E-state index in [1.807, 2.05) is 60.7 Å². The van der Waals surface area contributed by atoms with Gasteiger partial charge in [0.15, 0.2) is 5.82 Å². The third-order valence-corrected chi connectivity index (χ3v) is 4.76. The fourth-order valence-electron chi connectivity index (χ4n) is 2.51. The summed E-state index contributed by atoms with van der Waals surface area (Å²) in [5.74, 6) is 1.36. The van der Waals surface area contributed by atoms with E-state index in [4.69, 9.17) is 11.6 Å². The highest BCUT2D eigenvalue weighted by Gasteiger charge is 2.13. The van der Waals surface area contributed by atoms with Gasteiger partial charge in [-0.1, -0.05) is 54.1 Å². The second-order valence-electron chi connectivity index (χ2n) is 5.26. The van der Waals surface area contributed by atoms with Gasteiger partial charge in [0.05, 0.1) is 20.7 Å². The molecule has 0 saturated heterocycles. The van der Waals surface area contributed by atoms with Gasteiger partial charge in [0, 0.05) is 10.9 Å². The van der Waals surface area contributed by atoms with E-state index in [1.54, 1.807) is 0 Å². The van der Waals surface area contributed by atoms with Gasteiger partial charge in [-0.3, -0.25) is 5.10 Å². The summed E-state index contributed by atoms with van der Waals surface area (Å²) in [6, 6.07) is 19.6. The van der Waals surface area contributed by atoms with E-state index in [0.29, 0.717) is 16.7 Å². The Labute approximate surface area is 152 Å². The van der Waals surface area contributed by atoms with E-state index in [1.165, 1.54) is 0 Å². The van der Waals surface area contributed by atoms with Crippen molar-refractivity contribution in [2.45, 2.75) is 0 Å². The van der Waals surface area contributed by atoms with Crippen LogP contribution < -0.4 is 5.32 Å². The maximum Gasteiger partial charge on any atom is 0.168 e. The van der Waals surface area contributed by atoms with Crippen molar-refractivity contribution in [1.29, 1.82) is 0 Å². The first kappa shape index (κ1) is 15.2. The highest BCUT2D eigenvalue weighted by molar-refractivity contribution is 9.10. The SMILES string of the molecule is Clc1cccc2ccc(Nc3n[nH]c(-c4ccccc4)c3Br)nc12. The number of hydrogen-bond acceptors (Lipinski definition) is 3. The summed E-state index contributed by atoms with van der Waals surface area (Å²) in [6.45, 7) is 0. The van der Waals surface area contributed by atoms with Gasteiger partial charge in [0.25, 0.3) is 0 Å². The first-order valence-electron chi connectivity index (χ1n) is 7.34. The normalized spacial score (nSPS) is 10.9. The van der Waals surface area contributed by atoms with Gasteiger partial charge in [-0.05, 0) is 34.1 Å². The highest BCUT2D eigenvalue weighted by Crippen LogP contribution is 2.33. The molecule has 0 aliphatic rings. The number of benzene rings is 2. The lowest BCUT2D eigenvalue weighted by atomic mass is 10.1. The Bertz CT molecular complexity index is 1010. The van der Waals surface area contributed by atoms with Crippen LogP contribution in [0.25, 0.3) is 22.2 Å². The van der Waals surface area contributed by atoms with Gasteiger partial charge in [-0.25, -0.2) is 4.98 Å². The number of nitrogens with one attached hydrogen (secondary N) is 2. The molecule has 4 rings (SSSR count). The number of hydrogen-bond donors (Lipinski definition) is 2. The molecule has 2 aromatic heterocycles. The predicted molar refractivity (Wildman–Crippen MR) is 102 cm³/mol. The minimum Gasteiger partial charge on any atom is -0.322 e. The molecule has 0 unspecified atom stereocenters. The second kappa shape index (κ2) is 6.26. The van der Waals surface area contributed by atoms with Gasteiger partial charge in [-0.2, -0.15) is 5.10 Å². The third kappa shape index (κ3) is 2.77. The van der Waals surface area contributed by atoms with Crippen molar-refractivity contribution < 1.29 is 0 Å². The molecule has 0 amide bonds. The molecule has 4 nitrogen and oxygen atoms in total. The number of para-hydroxylation sites is 1. The monoisotopic (exact) mass is 398 g/mol. The molecule has 118 valence electrons. The number of aromatic nitrogens is 3. The smallest absolute Gasteiger partial charge is 0.168 e. The summed E-state index contributed by atoms with van der Waals surface area (Å²) < 4.78 is 0.856. The summed E-state index contributed by atoms with van der Waals surface area (Å²) in [5.41, 5.74) is 2.73. The van der Waals surface area contributed by atoms with Crippen LogP contribution in [0.3, 0.4) is 0 Å². The van der Waals surface area contributed by atoms with Gasteiger partial charge in [0.2, 0.25) is 0 Å². The Morgan fingerprint density at radius 2 is 1.79 bits per heavy atom. The Kier molecular flexibility index (Phi) is 3.96. The van der Waals surface area contributed by atoms with Crippen molar-refractivity contribution in [2.24, 2.45) is 0 Å². The van der Waals surface area contributed by atoms with E-state index in [9.17, 15) is 0 Å². The van der Waals surface area contributed by atoms with Crippen LogP contribution in [0.4, 0.5) is 11.6 Å². The molecule has 0 aliphatic heterocycles. The number of aromatic amines is 1. The minimum atomic E-state index is 0.627. The van der Waals surface area contributed by atoms with Crippen molar-refractivity contribution in [3.8, 4) is 11.3 Å². The van der Waals surface area contributed by atoms with E-state index in [2.05, 4.69) is 36.4 Å². The largest absolute Gasteiger partial charge is 0.322 e. The predicted octanol–water partition coefficient (Wildman–Crippen LogP) is 5.78. The average Bonchev–Trinajstić information content (AvgIpc) is 2.97. The molecule has 0 bridgehead atoms. The first-order chi connectivity index (χ1) is 11.7. The Morgan fingerprint density at radius 1 is 0.958 bits per heavy atom. The topological polar surface area (TPSA) is 53.6 Å². The zero-order chi connectivity index (χ0) is 16.5. The van der Waals surface area contributed by atoms with Crippen LogP contribution in [-0.4, -0.2) is 15.2 Å². The van der Waals surface area contributed by atoms with Crippen LogP contribution in [0.15, 0.2) is 65.1 Å². The van der Waals surface area contributed by atoms with Gasteiger partial charge in [-0.15, -0.1) is 0 Å². The fourth-order valence-corrected chi connectivity index (χ4v) is 3.24. The molecule has 4 aromatic rings. The first-order valence-corrected chi connectivity index (χ1v) is 8.51. The lowest BCUT2D eigenvalue weighted by molar-refractivity contribution is 1.09. The molecule has 0 spiro atoms. The molecular weight excluding hydrogens is 388 g/mol. The van der Waals surface area contributed by atoms with Crippen LogP contribution in [0, 0.1) is 0 Å². The van der Waals surface area contributed by atoms with Gasteiger partial charge >= 0.3 is 0 Å². The summed E-state index contributed by atoms with van der Waals surface area (Å²) in [7, 11) is 0. The molecular formula is C18H12BrClN4. The molecule has 2 aromatic carbocycles. The standard InChI is InChI=1S/C18H12BrClN4/c19-15-17(11-5-2-1-3-6-11)23-24-18(15)22-14-10-9-12-7-4-8-13(20)16(12)21-14/h1-10H,(H2,21,22,23,24). The summed E-state index contributed by atoms with van der Waals surface area (Å²) >= 11 is 9.83. The van der Waals surface area contributed by atoms with Crippen LogP contribution in [0.5, 0.6) is 0 Å². The Hall–Kier alpha value is -2.37. The summed E-state index contributed by atoms with van der Waals surface area (Å²) in [4.78, 5) is 4.58. The minimum absolute atomic E-state index is 0.627. The van der Waals surface area contributed by atoms with E-state index in [0.717, 1.165) is 26.6 Å². The number of rotatable bonds is 3. The van der Waals surface area contributed by atoms with Crippen molar-refractivity contribution in [1.82, 2.24) is 15.2 Å². The maximum atomic E-state index is 6.23. The number of pyridine rings is 1. The summed E-state index contributed by atoms with van der Waals surface area (Å²) in [6.07, 6.45) is 0. The van der Waals surface area contributed by atoms with Crippen LogP contribution >= 0.6 is 27.5 Å². The molecule has 0 radical (unpaired) electrons. The zero-order valence-electron chi connectivity index (χ0n) is 12.4. The molecule has 2 N–H and O–H groups in total. The molecule has 0 fully saturated rings. The lowest BCUT2D eigenvalue weighted by Gasteiger charge is -2.06. The van der Waals surface area contributed by atoms with Crippen LogP contribution in [-0.2, 0) is 0 Å². The number of halogens is 2. The van der Waals surface area contributed by atoms with E-state index in [-0.39, 0.29) is 0 Å². The quantitative estimate of drug-likeness (QED) is 0.459. The highest BCUT2D eigenvalue weighted by atomic mass is 79.9. The van der Waals surface area contributed by atoms with Crippen molar-refractivity contribution in [2.75, 3.05) is 5.32 Å². The van der Waals surface area contributed by atoms with E-state index < -0.39 is 0 Å². The van der Waals surface area contributed by atoms with E-state index >= 15 is 0 Å². The molecule has 0 aliphatic carbocycles. The zero-order valence-corrected chi connectivity index (χ0v) is 14.8. The molecule has 0 atom stereocenters. The molecule has 2 heterocycles. The molecule has 6 heteroatoms. The number of fused-ring (bicyclic) bond motifs is 1. The second-order valence-corrected chi connectivity index (χ2v) is 6.46. The maximum absolute atomic E-state index is 6.23. The van der Waals surface area contributed by atoms with Crippen molar-refractivity contribution in [3.05, 3.63) is 70.2 Å². The number of nitrogens with zero attached hydrogens (tertiary/aromatic N) is 2. The Morgan fingerprint density at radius 3 is 2.62 bits per heavy atom. The fraction of sp³-hybridized carbons (Fsp3) is 0. The van der Waals surface area contributed by atoms with Crippen LogP contribution in [0.1, 0.15) is 0 Å². The Balaban J connectivity index is 1.69. The summed E-state index contributed by atoms with van der Waals surface area (Å²) in [5, 5.41) is 12.2.